The summed E-state index contributed by atoms with van der Waals surface area (Å²) in [5.74, 6) is 0.147. The van der Waals surface area contributed by atoms with Gasteiger partial charge in [-0.2, -0.15) is 0 Å². The third-order valence-electron chi connectivity index (χ3n) is 2.49. The second-order valence-electron chi connectivity index (χ2n) is 3.67. The van der Waals surface area contributed by atoms with Crippen LogP contribution < -0.4 is 0 Å². The number of carbonyl (C=O) groups is 1. The Bertz CT molecular complexity index is 322. The van der Waals surface area contributed by atoms with Crippen LogP contribution in [0.1, 0.15) is 36.5 Å². The second-order valence-corrected chi connectivity index (χ2v) is 3.67. The maximum Gasteiger partial charge on any atom is 0.120 e. The molecule has 82 valence electrons. The van der Waals surface area contributed by atoms with E-state index in [-0.39, 0.29) is 12.5 Å². The third kappa shape index (κ3) is 3.15. The van der Waals surface area contributed by atoms with E-state index in [1.54, 1.807) is 6.07 Å². The zero-order chi connectivity index (χ0) is 11.3. The largest absolute Gasteiger partial charge is 0.393 e. The molecule has 0 bridgehead atoms. The summed E-state index contributed by atoms with van der Waals surface area (Å²) >= 11 is 0. The molecule has 0 spiro atoms. The number of carbonyl (C=O) groups excluding carboxylic acids is 1. The number of rotatable bonds is 5. The van der Waals surface area contributed by atoms with Gasteiger partial charge in [0.1, 0.15) is 12.4 Å². The van der Waals surface area contributed by atoms with Gasteiger partial charge in [0, 0.05) is 6.42 Å². The number of aliphatic hydroxyl groups is 2. The highest BCUT2D eigenvalue weighted by Crippen LogP contribution is 2.21. The van der Waals surface area contributed by atoms with Gasteiger partial charge in [-0.1, -0.05) is 31.2 Å². The van der Waals surface area contributed by atoms with Crippen LogP contribution in [0, 0.1) is 0 Å². The molecule has 0 amide bonds. The highest BCUT2D eigenvalue weighted by Gasteiger charge is 2.09. The van der Waals surface area contributed by atoms with Crippen LogP contribution >= 0.6 is 0 Å². The molecular formula is C12H16O3. The van der Waals surface area contributed by atoms with E-state index in [2.05, 4.69) is 0 Å². The van der Waals surface area contributed by atoms with Crippen molar-refractivity contribution in [3.05, 3.63) is 35.4 Å². The van der Waals surface area contributed by atoms with E-state index >= 15 is 0 Å². The molecule has 0 fully saturated rings. The zero-order valence-corrected chi connectivity index (χ0v) is 8.76. The molecule has 0 aromatic heterocycles. The zero-order valence-electron chi connectivity index (χ0n) is 8.76. The molecule has 0 aliphatic carbocycles. The summed E-state index contributed by atoms with van der Waals surface area (Å²) in [6.45, 7) is 1.67. The Morgan fingerprint density at radius 1 is 1.40 bits per heavy atom. The molecule has 3 nitrogen and oxygen atoms in total. The molecule has 1 aromatic carbocycles. The second kappa shape index (κ2) is 5.63. The molecule has 2 atom stereocenters. The van der Waals surface area contributed by atoms with Gasteiger partial charge < -0.3 is 15.0 Å². The average Bonchev–Trinajstić information content (AvgIpc) is 2.28. The third-order valence-corrected chi connectivity index (χ3v) is 2.49. The van der Waals surface area contributed by atoms with Crippen LogP contribution in [0.2, 0.25) is 0 Å². The van der Waals surface area contributed by atoms with Gasteiger partial charge in [0.15, 0.2) is 0 Å². The Morgan fingerprint density at radius 3 is 2.67 bits per heavy atom. The molecule has 15 heavy (non-hydrogen) atoms. The topological polar surface area (TPSA) is 57.5 Å². The number of aldehydes is 1. The van der Waals surface area contributed by atoms with Crippen molar-refractivity contribution < 1.29 is 15.0 Å². The fourth-order valence-corrected chi connectivity index (χ4v) is 1.46. The maximum absolute atomic E-state index is 10.4. The molecule has 0 aliphatic rings. The normalized spacial score (nSPS) is 14.6. The summed E-state index contributed by atoms with van der Waals surface area (Å²) < 4.78 is 0. The van der Waals surface area contributed by atoms with Gasteiger partial charge >= 0.3 is 0 Å². The lowest BCUT2D eigenvalue weighted by Crippen LogP contribution is -2.04. The van der Waals surface area contributed by atoms with Crippen molar-refractivity contribution in [3.8, 4) is 0 Å². The van der Waals surface area contributed by atoms with Gasteiger partial charge in [-0.3, -0.25) is 0 Å². The monoisotopic (exact) mass is 208 g/mol. The molecule has 1 rings (SSSR count). The Morgan fingerprint density at radius 2 is 2.07 bits per heavy atom. The minimum atomic E-state index is -0.839. The first-order valence-electron chi connectivity index (χ1n) is 5.01. The summed E-state index contributed by atoms with van der Waals surface area (Å²) in [4.78, 5) is 10.4. The number of hydrogen-bond acceptors (Lipinski definition) is 3. The van der Waals surface area contributed by atoms with E-state index < -0.39 is 6.10 Å². The minimum Gasteiger partial charge on any atom is -0.393 e. The van der Waals surface area contributed by atoms with Crippen molar-refractivity contribution >= 4 is 6.29 Å². The predicted octanol–water partition coefficient (Wildman–Crippen LogP) is 1.40. The molecule has 1 aromatic rings. The minimum absolute atomic E-state index is 0.147. The fourth-order valence-electron chi connectivity index (χ4n) is 1.46. The summed E-state index contributed by atoms with van der Waals surface area (Å²) in [7, 11) is 0. The lowest BCUT2D eigenvalue weighted by molar-refractivity contribution is -0.108. The van der Waals surface area contributed by atoms with E-state index in [4.69, 9.17) is 5.11 Å². The van der Waals surface area contributed by atoms with Gasteiger partial charge in [0.05, 0.1) is 6.61 Å². The standard InChI is InChI=1S/C12H16O3/c1-9(5-6-13)10-3-2-4-11(7-10)12(15)8-14/h2-4,6-7,9,12,14-15H,5,8H2,1H3. The maximum atomic E-state index is 10.4. The van der Waals surface area contributed by atoms with Crippen molar-refractivity contribution in [2.75, 3.05) is 6.61 Å². The molecule has 0 aliphatic heterocycles. The molecule has 0 heterocycles. The van der Waals surface area contributed by atoms with Crippen LogP contribution in [0.15, 0.2) is 24.3 Å². The van der Waals surface area contributed by atoms with Crippen LogP contribution in [0.25, 0.3) is 0 Å². The lowest BCUT2D eigenvalue weighted by Gasteiger charge is -2.12. The highest BCUT2D eigenvalue weighted by molar-refractivity contribution is 5.51. The Hall–Kier alpha value is -1.19. The molecule has 0 radical (unpaired) electrons. The summed E-state index contributed by atoms with van der Waals surface area (Å²) in [6, 6.07) is 7.33. The average molecular weight is 208 g/mol. The smallest absolute Gasteiger partial charge is 0.120 e. The van der Waals surface area contributed by atoms with Gasteiger partial charge in [-0.15, -0.1) is 0 Å². The van der Waals surface area contributed by atoms with Crippen molar-refractivity contribution in [3.63, 3.8) is 0 Å². The first-order valence-corrected chi connectivity index (χ1v) is 5.01. The molecular weight excluding hydrogens is 192 g/mol. The fraction of sp³-hybridized carbons (Fsp3) is 0.417. The first-order chi connectivity index (χ1) is 7.19. The van der Waals surface area contributed by atoms with Gasteiger partial charge in [-0.25, -0.2) is 0 Å². The quantitative estimate of drug-likeness (QED) is 0.719. The van der Waals surface area contributed by atoms with E-state index in [0.29, 0.717) is 12.0 Å². The summed E-state index contributed by atoms with van der Waals surface area (Å²) in [5, 5.41) is 18.3. The molecule has 0 saturated heterocycles. The van der Waals surface area contributed by atoms with E-state index in [0.717, 1.165) is 11.8 Å². The van der Waals surface area contributed by atoms with Crippen molar-refractivity contribution in [1.82, 2.24) is 0 Å². The van der Waals surface area contributed by atoms with Crippen molar-refractivity contribution in [2.24, 2.45) is 0 Å². The predicted molar refractivity (Wildman–Crippen MR) is 57.6 cm³/mol. The Labute approximate surface area is 89.4 Å². The Balaban J connectivity index is 2.86. The number of benzene rings is 1. The van der Waals surface area contributed by atoms with E-state index in [1.807, 2.05) is 25.1 Å². The number of hydrogen-bond donors (Lipinski definition) is 2. The molecule has 0 saturated carbocycles. The van der Waals surface area contributed by atoms with Crippen LogP contribution in [0.5, 0.6) is 0 Å². The van der Waals surface area contributed by atoms with Gasteiger partial charge in [0.2, 0.25) is 0 Å². The van der Waals surface area contributed by atoms with Crippen LogP contribution in [0.3, 0.4) is 0 Å². The molecule has 3 heteroatoms. The lowest BCUT2D eigenvalue weighted by atomic mass is 9.95. The van der Waals surface area contributed by atoms with Crippen LogP contribution in [0.4, 0.5) is 0 Å². The van der Waals surface area contributed by atoms with Crippen LogP contribution in [-0.2, 0) is 4.79 Å². The van der Waals surface area contributed by atoms with Crippen molar-refractivity contribution in [1.29, 1.82) is 0 Å². The Kier molecular flexibility index (Phi) is 4.46. The van der Waals surface area contributed by atoms with Gasteiger partial charge in [0.25, 0.3) is 0 Å². The number of aliphatic hydroxyl groups excluding tert-OH is 2. The van der Waals surface area contributed by atoms with Gasteiger partial charge in [-0.05, 0) is 17.0 Å². The summed E-state index contributed by atoms with van der Waals surface area (Å²) in [5.41, 5.74) is 1.69. The summed E-state index contributed by atoms with van der Waals surface area (Å²) in [6.07, 6.45) is 0.520. The SMILES string of the molecule is CC(CC=O)c1cccc(C(O)CO)c1. The first kappa shape index (κ1) is 11.9. The van der Waals surface area contributed by atoms with E-state index in [9.17, 15) is 9.90 Å². The van der Waals surface area contributed by atoms with Crippen LogP contribution in [-0.4, -0.2) is 23.1 Å². The molecule has 2 unspecified atom stereocenters. The van der Waals surface area contributed by atoms with Crippen molar-refractivity contribution in [2.45, 2.75) is 25.4 Å². The highest BCUT2D eigenvalue weighted by atomic mass is 16.3. The molecule has 2 N–H and O–H groups in total. The van der Waals surface area contributed by atoms with E-state index in [1.165, 1.54) is 0 Å².